The molecule has 1 aromatic heterocycles. The summed E-state index contributed by atoms with van der Waals surface area (Å²) >= 11 is 2.87. The van der Waals surface area contributed by atoms with Gasteiger partial charge >= 0.3 is 5.97 Å². The average molecular weight is 493 g/mol. The van der Waals surface area contributed by atoms with Crippen molar-refractivity contribution >= 4 is 55.0 Å². The molecule has 0 aliphatic carbocycles. The van der Waals surface area contributed by atoms with Crippen LogP contribution in [0.2, 0.25) is 0 Å². The predicted molar refractivity (Wildman–Crippen MR) is 127 cm³/mol. The van der Waals surface area contributed by atoms with Crippen molar-refractivity contribution in [2.75, 3.05) is 18.6 Å². The van der Waals surface area contributed by atoms with Crippen LogP contribution in [0.5, 0.6) is 0 Å². The second-order valence-electron chi connectivity index (χ2n) is 6.94. The molecule has 3 aromatic rings. The van der Waals surface area contributed by atoms with E-state index in [0.29, 0.717) is 10.4 Å². The smallest absolute Gasteiger partial charge is 0.326 e. The highest BCUT2D eigenvalue weighted by Crippen LogP contribution is 2.24. The molecule has 0 bridgehead atoms. The van der Waals surface area contributed by atoms with Crippen molar-refractivity contribution in [1.82, 2.24) is 4.57 Å². The fourth-order valence-corrected chi connectivity index (χ4v) is 5.99. The third-order valence-electron chi connectivity index (χ3n) is 4.56. The van der Waals surface area contributed by atoms with Gasteiger partial charge in [-0.1, -0.05) is 41.7 Å². The fraction of sp³-hybridized carbons (Fsp3) is 0.318. The van der Waals surface area contributed by atoms with E-state index >= 15 is 0 Å². The molecule has 0 saturated carbocycles. The van der Waals surface area contributed by atoms with E-state index in [-0.39, 0.29) is 31.1 Å². The fourth-order valence-electron chi connectivity index (χ4n) is 3.06. The van der Waals surface area contributed by atoms with Crippen LogP contribution in [-0.4, -0.2) is 43.5 Å². The molecule has 2 aromatic carbocycles. The van der Waals surface area contributed by atoms with E-state index in [9.17, 15) is 18.0 Å². The number of thioether (sulfide) groups is 1. The minimum atomic E-state index is -3.45. The van der Waals surface area contributed by atoms with Crippen LogP contribution in [0.4, 0.5) is 0 Å². The second kappa shape index (κ2) is 10.9. The molecule has 1 heterocycles. The minimum Gasteiger partial charge on any atom is -0.465 e. The van der Waals surface area contributed by atoms with Crippen LogP contribution in [0.25, 0.3) is 10.2 Å². The molecule has 0 atom stereocenters. The summed E-state index contributed by atoms with van der Waals surface area (Å²) in [6, 6.07) is 14.6. The van der Waals surface area contributed by atoms with Gasteiger partial charge < -0.3 is 9.30 Å². The molecule has 0 spiro atoms. The Balaban J connectivity index is 1.83. The number of carbonyl (C=O) groups is 2. The first-order chi connectivity index (χ1) is 15.3. The van der Waals surface area contributed by atoms with E-state index in [2.05, 4.69) is 4.99 Å². The zero-order chi connectivity index (χ0) is 23.1. The molecule has 0 unspecified atom stereocenters. The molecule has 1 amide bonds. The first kappa shape index (κ1) is 24.2. The van der Waals surface area contributed by atoms with Gasteiger partial charge in [-0.05, 0) is 36.9 Å². The number of hydrogen-bond acceptors (Lipinski definition) is 7. The third-order valence-corrected chi connectivity index (χ3v) is 7.92. The summed E-state index contributed by atoms with van der Waals surface area (Å²) in [6.45, 7) is 1.90. The number of sulfone groups is 1. The van der Waals surface area contributed by atoms with Crippen molar-refractivity contribution in [3.8, 4) is 0 Å². The molecule has 0 saturated heterocycles. The van der Waals surface area contributed by atoms with Gasteiger partial charge in [0.2, 0.25) is 5.91 Å². The summed E-state index contributed by atoms with van der Waals surface area (Å²) in [7, 11) is -3.45. The summed E-state index contributed by atoms with van der Waals surface area (Å²) in [5, 5.41) is 0. The van der Waals surface area contributed by atoms with E-state index in [0.717, 1.165) is 15.1 Å². The van der Waals surface area contributed by atoms with Crippen LogP contribution >= 0.6 is 23.1 Å². The largest absolute Gasteiger partial charge is 0.465 e. The summed E-state index contributed by atoms with van der Waals surface area (Å²) in [5.41, 5.74) is 1.45. The maximum absolute atomic E-state index is 12.5. The quantitative estimate of drug-likeness (QED) is 0.336. The molecule has 0 N–H and O–H groups in total. The SMILES string of the molecule is CCOC(=O)Cn1c(=NC(=O)CCS(=O)(=O)Cc2ccccc2)sc2cc(SC)ccc21. The molecule has 7 nitrogen and oxygen atoms in total. The Hall–Kier alpha value is -2.43. The molecular weight excluding hydrogens is 468 g/mol. The van der Waals surface area contributed by atoms with Crippen LogP contribution in [0, 0.1) is 0 Å². The zero-order valence-electron chi connectivity index (χ0n) is 17.8. The van der Waals surface area contributed by atoms with Gasteiger partial charge in [0.15, 0.2) is 14.6 Å². The first-order valence-electron chi connectivity index (χ1n) is 9.96. The van der Waals surface area contributed by atoms with Crippen LogP contribution in [0.1, 0.15) is 18.9 Å². The molecule has 0 aliphatic rings. The van der Waals surface area contributed by atoms with Crippen LogP contribution in [0.3, 0.4) is 0 Å². The van der Waals surface area contributed by atoms with Crippen molar-refractivity contribution in [2.45, 2.75) is 30.5 Å². The maximum atomic E-state index is 12.5. The number of carbonyl (C=O) groups excluding carboxylic acids is 2. The number of nitrogens with zero attached hydrogens (tertiary/aromatic N) is 2. The van der Waals surface area contributed by atoms with E-state index in [1.165, 1.54) is 11.3 Å². The van der Waals surface area contributed by atoms with E-state index in [1.54, 1.807) is 47.5 Å². The Bertz CT molecular complexity index is 1280. The Morgan fingerprint density at radius 2 is 1.91 bits per heavy atom. The molecule has 10 heteroatoms. The lowest BCUT2D eigenvalue weighted by molar-refractivity contribution is -0.143. The van der Waals surface area contributed by atoms with Gasteiger partial charge in [-0.15, -0.1) is 11.8 Å². The van der Waals surface area contributed by atoms with Crippen LogP contribution < -0.4 is 4.80 Å². The van der Waals surface area contributed by atoms with Gasteiger partial charge in [-0.2, -0.15) is 4.99 Å². The van der Waals surface area contributed by atoms with E-state index in [1.807, 2.05) is 30.5 Å². The Morgan fingerprint density at radius 1 is 1.16 bits per heavy atom. The highest BCUT2D eigenvalue weighted by Gasteiger charge is 2.16. The first-order valence-corrected chi connectivity index (χ1v) is 13.8. The molecule has 0 aliphatic heterocycles. The van der Waals surface area contributed by atoms with Crippen molar-refractivity contribution < 1.29 is 22.7 Å². The second-order valence-corrected chi connectivity index (χ2v) is 11.0. The van der Waals surface area contributed by atoms with Crippen LogP contribution in [-0.2, 0) is 36.5 Å². The number of ether oxygens (including phenoxy) is 1. The summed E-state index contributed by atoms with van der Waals surface area (Å²) in [4.78, 5) is 30.1. The number of esters is 1. The predicted octanol–water partition coefficient (Wildman–Crippen LogP) is 3.42. The number of benzene rings is 2. The Morgan fingerprint density at radius 3 is 2.59 bits per heavy atom. The monoisotopic (exact) mass is 492 g/mol. The van der Waals surface area contributed by atoms with Gasteiger partial charge in [0.05, 0.1) is 28.3 Å². The van der Waals surface area contributed by atoms with Gasteiger partial charge in [-0.3, -0.25) is 9.59 Å². The van der Waals surface area contributed by atoms with Crippen molar-refractivity contribution in [3.63, 3.8) is 0 Å². The lowest BCUT2D eigenvalue weighted by atomic mass is 10.2. The standard InChI is InChI=1S/C22H24N2O5S3/c1-3-29-21(26)14-24-18-10-9-17(30-2)13-19(18)31-22(24)23-20(25)11-12-32(27,28)15-16-7-5-4-6-8-16/h4-10,13H,3,11-12,14-15H2,1-2H3. The summed E-state index contributed by atoms with van der Waals surface area (Å²) in [6.07, 6.45) is 1.74. The summed E-state index contributed by atoms with van der Waals surface area (Å²) < 4.78 is 32.4. The topological polar surface area (TPSA) is 94.8 Å². The maximum Gasteiger partial charge on any atom is 0.326 e. The minimum absolute atomic E-state index is 0.0785. The summed E-state index contributed by atoms with van der Waals surface area (Å²) in [5.74, 6) is -1.38. The Labute approximate surface area is 195 Å². The van der Waals surface area contributed by atoms with Crippen molar-refractivity contribution in [1.29, 1.82) is 0 Å². The van der Waals surface area contributed by atoms with Crippen molar-refractivity contribution in [3.05, 3.63) is 58.9 Å². The number of hydrogen-bond donors (Lipinski definition) is 0. The number of aromatic nitrogens is 1. The molecule has 3 rings (SSSR count). The normalized spacial score (nSPS) is 12.2. The number of fused-ring (bicyclic) bond motifs is 1. The van der Waals surface area contributed by atoms with Gasteiger partial charge in [-0.25, -0.2) is 8.42 Å². The highest BCUT2D eigenvalue weighted by molar-refractivity contribution is 7.98. The van der Waals surface area contributed by atoms with E-state index < -0.39 is 21.7 Å². The highest BCUT2D eigenvalue weighted by atomic mass is 32.2. The number of rotatable bonds is 9. The number of amides is 1. The molecule has 0 radical (unpaired) electrons. The average Bonchev–Trinajstić information content (AvgIpc) is 3.08. The molecular formula is C22H24N2O5S3. The van der Waals surface area contributed by atoms with Crippen LogP contribution in [0.15, 0.2) is 58.4 Å². The van der Waals surface area contributed by atoms with E-state index in [4.69, 9.17) is 4.74 Å². The zero-order valence-corrected chi connectivity index (χ0v) is 20.3. The molecule has 0 fully saturated rings. The van der Waals surface area contributed by atoms with Gasteiger partial charge in [0.25, 0.3) is 0 Å². The van der Waals surface area contributed by atoms with Gasteiger partial charge in [0.1, 0.15) is 6.54 Å². The number of thiazole rings is 1. The lowest BCUT2D eigenvalue weighted by Crippen LogP contribution is -2.23. The molecule has 170 valence electrons. The third kappa shape index (κ3) is 6.54. The molecule has 32 heavy (non-hydrogen) atoms. The van der Waals surface area contributed by atoms with Gasteiger partial charge in [0, 0.05) is 11.3 Å². The Kier molecular flexibility index (Phi) is 8.27. The van der Waals surface area contributed by atoms with Crippen molar-refractivity contribution in [2.24, 2.45) is 4.99 Å². The lowest BCUT2D eigenvalue weighted by Gasteiger charge is -2.05.